The second kappa shape index (κ2) is 5.51. The van der Waals surface area contributed by atoms with Gasteiger partial charge in [0, 0.05) is 17.8 Å². The Bertz CT molecular complexity index is 817. The maximum atomic E-state index is 12.5. The lowest BCUT2D eigenvalue weighted by Gasteiger charge is -2.12. The number of aromatic nitrogens is 2. The molecule has 0 atom stereocenters. The van der Waals surface area contributed by atoms with E-state index in [1.54, 1.807) is 25.6 Å². The number of benzene rings is 1. The van der Waals surface area contributed by atoms with Crippen LogP contribution in [0.5, 0.6) is 0 Å². The van der Waals surface area contributed by atoms with E-state index < -0.39 is 10.0 Å². The van der Waals surface area contributed by atoms with Crippen molar-refractivity contribution in [1.82, 2.24) is 9.78 Å². The van der Waals surface area contributed by atoms with Gasteiger partial charge in [0.05, 0.1) is 21.5 Å². The standard InChI is InChI=1S/C12H14BrClN4O2S/c1-6-12(7(2)18(3)16-6)17-21(19,20)10-5-8(14)4-9(15)11(10)13/h4-5,17H,15H2,1-3H3. The Balaban J connectivity index is 2.54. The van der Waals surface area contributed by atoms with Gasteiger partial charge in [-0.3, -0.25) is 9.40 Å². The number of nitrogens with zero attached hydrogens (tertiary/aromatic N) is 2. The fraction of sp³-hybridized carbons (Fsp3) is 0.250. The zero-order valence-corrected chi connectivity index (χ0v) is 14.8. The molecule has 9 heteroatoms. The molecule has 0 unspecified atom stereocenters. The van der Waals surface area contributed by atoms with E-state index in [0.717, 1.165) is 0 Å². The highest BCUT2D eigenvalue weighted by atomic mass is 79.9. The lowest BCUT2D eigenvalue weighted by Crippen LogP contribution is -2.15. The number of nitrogens with one attached hydrogen (secondary N) is 1. The van der Waals surface area contributed by atoms with E-state index in [4.69, 9.17) is 17.3 Å². The molecule has 1 aromatic heterocycles. The maximum absolute atomic E-state index is 12.5. The van der Waals surface area contributed by atoms with Gasteiger partial charge < -0.3 is 5.73 Å². The van der Waals surface area contributed by atoms with Crippen molar-refractivity contribution < 1.29 is 8.42 Å². The number of rotatable bonds is 3. The average molecular weight is 394 g/mol. The van der Waals surface area contributed by atoms with Crippen molar-refractivity contribution in [2.24, 2.45) is 7.05 Å². The molecule has 114 valence electrons. The van der Waals surface area contributed by atoms with E-state index in [2.05, 4.69) is 25.8 Å². The van der Waals surface area contributed by atoms with Gasteiger partial charge in [-0.25, -0.2) is 8.42 Å². The predicted octanol–water partition coefficient (Wildman–Crippen LogP) is 2.84. The summed E-state index contributed by atoms with van der Waals surface area (Å²) >= 11 is 9.07. The van der Waals surface area contributed by atoms with Gasteiger partial charge in [0.1, 0.15) is 4.90 Å². The summed E-state index contributed by atoms with van der Waals surface area (Å²) in [4.78, 5) is -0.0184. The Morgan fingerprint density at radius 1 is 1.38 bits per heavy atom. The van der Waals surface area contributed by atoms with Crippen molar-refractivity contribution in [1.29, 1.82) is 0 Å². The number of sulfonamides is 1. The summed E-state index contributed by atoms with van der Waals surface area (Å²) in [5.74, 6) is 0. The molecule has 0 radical (unpaired) electrons. The quantitative estimate of drug-likeness (QED) is 0.785. The molecule has 0 spiro atoms. The highest BCUT2D eigenvalue weighted by molar-refractivity contribution is 9.10. The monoisotopic (exact) mass is 392 g/mol. The summed E-state index contributed by atoms with van der Waals surface area (Å²) < 4.78 is 29.5. The number of nitrogens with two attached hydrogens (primary N) is 1. The molecule has 1 aromatic carbocycles. The molecule has 0 aliphatic heterocycles. The van der Waals surface area contributed by atoms with E-state index >= 15 is 0 Å². The molecule has 21 heavy (non-hydrogen) atoms. The molecule has 0 aliphatic rings. The SMILES string of the molecule is Cc1nn(C)c(C)c1NS(=O)(=O)c1cc(Cl)cc(N)c1Br. The van der Waals surface area contributed by atoms with Crippen molar-refractivity contribution in [3.05, 3.63) is 33.0 Å². The fourth-order valence-corrected chi connectivity index (χ4v) is 4.36. The third-order valence-corrected chi connectivity index (χ3v) is 5.81. The molecule has 0 saturated heterocycles. The second-order valence-corrected chi connectivity index (χ2v) is 7.46. The van der Waals surface area contributed by atoms with Crippen LogP contribution in [0.1, 0.15) is 11.4 Å². The van der Waals surface area contributed by atoms with Gasteiger partial charge in [0.15, 0.2) is 0 Å². The molecule has 2 aromatic rings. The number of anilines is 2. The van der Waals surface area contributed by atoms with Gasteiger partial charge in [-0.2, -0.15) is 5.10 Å². The smallest absolute Gasteiger partial charge is 0.263 e. The van der Waals surface area contributed by atoms with E-state index in [9.17, 15) is 8.42 Å². The van der Waals surface area contributed by atoms with Crippen molar-refractivity contribution in [2.75, 3.05) is 10.5 Å². The number of nitrogen functional groups attached to an aromatic ring is 1. The molecular formula is C12H14BrClN4O2S. The van der Waals surface area contributed by atoms with E-state index in [1.807, 2.05) is 0 Å². The van der Waals surface area contributed by atoms with Crippen molar-refractivity contribution in [3.8, 4) is 0 Å². The summed E-state index contributed by atoms with van der Waals surface area (Å²) in [5.41, 5.74) is 7.73. The van der Waals surface area contributed by atoms with Crippen LogP contribution in [0, 0.1) is 13.8 Å². The zero-order chi connectivity index (χ0) is 15.9. The van der Waals surface area contributed by atoms with E-state index in [1.165, 1.54) is 12.1 Å². The minimum Gasteiger partial charge on any atom is -0.398 e. The summed E-state index contributed by atoms with van der Waals surface area (Å²) in [6.07, 6.45) is 0. The fourth-order valence-electron chi connectivity index (χ4n) is 1.89. The van der Waals surface area contributed by atoms with Gasteiger partial charge >= 0.3 is 0 Å². The van der Waals surface area contributed by atoms with Gasteiger partial charge in [-0.05, 0) is 41.9 Å². The first-order chi connectivity index (χ1) is 9.63. The van der Waals surface area contributed by atoms with Gasteiger partial charge in [-0.15, -0.1) is 0 Å². The second-order valence-electron chi connectivity index (χ2n) is 4.58. The van der Waals surface area contributed by atoms with Crippen molar-refractivity contribution >= 4 is 48.9 Å². The van der Waals surface area contributed by atoms with E-state index in [-0.39, 0.29) is 20.1 Å². The van der Waals surface area contributed by atoms with Crippen LogP contribution in [-0.2, 0) is 17.1 Å². The third kappa shape index (κ3) is 3.02. The van der Waals surface area contributed by atoms with Crippen LogP contribution in [0.4, 0.5) is 11.4 Å². The number of hydrogen-bond donors (Lipinski definition) is 2. The molecule has 0 fully saturated rings. The lowest BCUT2D eigenvalue weighted by molar-refractivity contribution is 0.600. The molecule has 0 amide bonds. The highest BCUT2D eigenvalue weighted by Gasteiger charge is 2.23. The van der Waals surface area contributed by atoms with Crippen LogP contribution in [-0.4, -0.2) is 18.2 Å². The van der Waals surface area contributed by atoms with Gasteiger partial charge in [-0.1, -0.05) is 11.6 Å². The molecule has 0 saturated carbocycles. The summed E-state index contributed by atoms with van der Waals surface area (Å²) in [5, 5.41) is 4.42. The van der Waals surface area contributed by atoms with Crippen LogP contribution >= 0.6 is 27.5 Å². The minimum absolute atomic E-state index is 0.0184. The summed E-state index contributed by atoms with van der Waals surface area (Å²) in [7, 11) is -2.09. The Kier molecular flexibility index (Phi) is 4.23. The van der Waals surface area contributed by atoms with Crippen molar-refractivity contribution in [3.63, 3.8) is 0 Å². The Morgan fingerprint density at radius 3 is 2.52 bits per heavy atom. The van der Waals surface area contributed by atoms with Crippen LogP contribution in [0.25, 0.3) is 0 Å². The normalized spacial score (nSPS) is 11.7. The first-order valence-electron chi connectivity index (χ1n) is 5.91. The molecule has 6 nitrogen and oxygen atoms in total. The average Bonchev–Trinajstić information content (AvgIpc) is 2.60. The topological polar surface area (TPSA) is 90.0 Å². The van der Waals surface area contributed by atoms with Gasteiger partial charge in [0.25, 0.3) is 10.0 Å². The van der Waals surface area contributed by atoms with E-state index in [0.29, 0.717) is 17.1 Å². The summed E-state index contributed by atoms with van der Waals surface area (Å²) in [6.45, 7) is 3.51. The highest BCUT2D eigenvalue weighted by Crippen LogP contribution is 2.33. The molecule has 3 N–H and O–H groups in total. The molecular weight excluding hydrogens is 380 g/mol. The third-order valence-electron chi connectivity index (χ3n) is 3.07. The summed E-state index contributed by atoms with van der Waals surface area (Å²) in [6, 6.07) is 2.82. The zero-order valence-electron chi connectivity index (χ0n) is 11.6. The molecule has 0 aliphatic carbocycles. The van der Waals surface area contributed by atoms with Crippen LogP contribution in [0.3, 0.4) is 0 Å². The Hall–Kier alpha value is -1.25. The van der Waals surface area contributed by atoms with Crippen LogP contribution < -0.4 is 10.5 Å². The molecule has 1 heterocycles. The molecule has 2 rings (SSSR count). The number of aryl methyl sites for hydroxylation is 2. The van der Waals surface area contributed by atoms with Gasteiger partial charge in [0.2, 0.25) is 0 Å². The van der Waals surface area contributed by atoms with Crippen LogP contribution in [0.15, 0.2) is 21.5 Å². The van der Waals surface area contributed by atoms with Crippen molar-refractivity contribution in [2.45, 2.75) is 18.7 Å². The predicted molar refractivity (Wildman–Crippen MR) is 87.1 cm³/mol. The molecule has 0 bridgehead atoms. The van der Waals surface area contributed by atoms with Crippen LogP contribution in [0.2, 0.25) is 5.02 Å². The largest absolute Gasteiger partial charge is 0.398 e. The first kappa shape index (κ1) is 16.1. The lowest BCUT2D eigenvalue weighted by atomic mass is 10.3. The minimum atomic E-state index is -3.84. The number of halogens is 2. The number of hydrogen-bond acceptors (Lipinski definition) is 4. The first-order valence-corrected chi connectivity index (χ1v) is 8.56. The Morgan fingerprint density at radius 2 is 2.00 bits per heavy atom. The maximum Gasteiger partial charge on any atom is 0.263 e. The Labute approximate surface area is 136 Å².